The molecule has 0 atom stereocenters. The van der Waals surface area contributed by atoms with Gasteiger partial charge in [0.15, 0.2) is 0 Å². The highest BCUT2D eigenvalue weighted by Crippen LogP contribution is 2.30. The lowest BCUT2D eigenvalue weighted by Gasteiger charge is -2.21. The molecule has 140 valence electrons. The highest BCUT2D eigenvalue weighted by molar-refractivity contribution is 7.80. The smallest absolute Gasteiger partial charge is 0.320 e. The van der Waals surface area contributed by atoms with E-state index in [4.69, 9.17) is 9.47 Å². The van der Waals surface area contributed by atoms with Crippen LogP contribution in [0.1, 0.15) is 48.6 Å². The molecule has 1 rings (SSSR count). The predicted octanol–water partition coefficient (Wildman–Crippen LogP) is 3.05. The Kier molecular flexibility index (Phi) is 7.50. The average Bonchev–Trinajstić information content (AvgIpc) is 2.50. The molecule has 1 N–H and O–H groups in total. The van der Waals surface area contributed by atoms with E-state index in [1.54, 1.807) is 0 Å². The third-order valence-corrected chi connectivity index (χ3v) is 4.73. The standard InChI is InChI=1S/C19H29NO4S/c1-11-14(8-16(21)23-7)12(2)18(25)13(3)15(11)9-20-10-17(22)24-19(4,5)6/h20,25H,8-10H2,1-7H3. The van der Waals surface area contributed by atoms with Crippen LogP contribution in [-0.4, -0.2) is 31.2 Å². The van der Waals surface area contributed by atoms with Crippen LogP contribution >= 0.6 is 12.6 Å². The molecule has 0 bridgehead atoms. The average molecular weight is 368 g/mol. The van der Waals surface area contributed by atoms with Gasteiger partial charge in [-0.2, -0.15) is 0 Å². The molecule has 1 aromatic rings. The van der Waals surface area contributed by atoms with E-state index in [0.29, 0.717) is 6.54 Å². The summed E-state index contributed by atoms with van der Waals surface area (Å²) in [5.41, 5.74) is 4.52. The number of ether oxygens (including phenoxy) is 2. The van der Waals surface area contributed by atoms with Crippen LogP contribution in [0.3, 0.4) is 0 Å². The summed E-state index contributed by atoms with van der Waals surface area (Å²) in [4.78, 5) is 24.4. The molecular formula is C19H29NO4S. The van der Waals surface area contributed by atoms with Crippen molar-refractivity contribution in [2.75, 3.05) is 13.7 Å². The number of thiol groups is 1. The number of nitrogens with one attached hydrogen (secondary N) is 1. The minimum atomic E-state index is -0.500. The molecule has 5 nitrogen and oxygen atoms in total. The highest BCUT2D eigenvalue weighted by atomic mass is 32.1. The minimum absolute atomic E-state index is 0.123. The molecule has 0 aromatic heterocycles. The van der Waals surface area contributed by atoms with Crippen LogP contribution in [0.5, 0.6) is 0 Å². The van der Waals surface area contributed by atoms with Crippen molar-refractivity contribution in [3.05, 3.63) is 27.8 Å². The summed E-state index contributed by atoms with van der Waals surface area (Å²) >= 11 is 4.60. The van der Waals surface area contributed by atoms with Crippen molar-refractivity contribution in [1.82, 2.24) is 5.32 Å². The first-order valence-corrected chi connectivity index (χ1v) is 8.72. The Morgan fingerprint density at radius 2 is 1.56 bits per heavy atom. The second kappa shape index (κ2) is 8.72. The first-order valence-electron chi connectivity index (χ1n) is 8.27. The number of benzene rings is 1. The fraction of sp³-hybridized carbons (Fsp3) is 0.579. The minimum Gasteiger partial charge on any atom is -0.469 e. The van der Waals surface area contributed by atoms with Crippen LogP contribution < -0.4 is 5.32 Å². The van der Waals surface area contributed by atoms with E-state index in [2.05, 4.69) is 17.9 Å². The molecule has 0 unspecified atom stereocenters. The lowest BCUT2D eigenvalue weighted by atomic mass is 9.91. The van der Waals surface area contributed by atoms with Gasteiger partial charge in [0, 0.05) is 11.4 Å². The summed E-state index contributed by atoms with van der Waals surface area (Å²) in [6.45, 7) is 12.1. The number of carbonyl (C=O) groups is 2. The van der Waals surface area contributed by atoms with Crippen molar-refractivity contribution in [3.8, 4) is 0 Å². The van der Waals surface area contributed by atoms with Crippen LogP contribution in [0.4, 0.5) is 0 Å². The summed E-state index contributed by atoms with van der Waals surface area (Å²) in [5.74, 6) is -0.578. The summed E-state index contributed by atoms with van der Waals surface area (Å²) < 4.78 is 10.1. The Morgan fingerprint density at radius 1 is 1.00 bits per heavy atom. The van der Waals surface area contributed by atoms with Gasteiger partial charge in [0.25, 0.3) is 0 Å². The molecule has 0 fully saturated rings. The molecule has 0 aliphatic heterocycles. The lowest BCUT2D eigenvalue weighted by Crippen LogP contribution is -2.31. The van der Waals surface area contributed by atoms with Gasteiger partial charge in [-0.05, 0) is 69.4 Å². The van der Waals surface area contributed by atoms with Gasteiger partial charge in [-0.25, -0.2) is 0 Å². The molecule has 0 radical (unpaired) electrons. The summed E-state index contributed by atoms with van der Waals surface area (Å²) in [6, 6.07) is 0. The van der Waals surface area contributed by atoms with E-state index in [1.165, 1.54) is 7.11 Å². The Hall–Kier alpha value is -1.53. The first-order chi connectivity index (χ1) is 11.5. The zero-order valence-corrected chi connectivity index (χ0v) is 17.1. The molecule has 0 saturated heterocycles. The second-order valence-electron chi connectivity index (χ2n) is 7.12. The van der Waals surface area contributed by atoms with E-state index in [9.17, 15) is 9.59 Å². The third kappa shape index (κ3) is 6.04. The van der Waals surface area contributed by atoms with E-state index >= 15 is 0 Å². The van der Waals surface area contributed by atoms with E-state index in [0.717, 1.165) is 32.7 Å². The quantitative estimate of drug-likeness (QED) is 0.598. The molecule has 0 heterocycles. The van der Waals surface area contributed by atoms with Gasteiger partial charge in [-0.15, -0.1) is 12.6 Å². The summed E-state index contributed by atoms with van der Waals surface area (Å²) in [7, 11) is 1.38. The summed E-state index contributed by atoms with van der Waals surface area (Å²) in [5, 5.41) is 3.12. The van der Waals surface area contributed by atoms with Crippen molar-refractivity contribution in [2.24, 2.45) is 0 Å². The molecule has 0 amide bonds. The molecule has 0 spiro atoms. The first kappa shape index (κ1) is 21.5. The Balaban J connectivity index is 2.96. The lowest BCUT2D eigenvalue weighted by molar-refractivity contribution is -0.153. The van der Waals surface area contributed by atoms with Gasteiger partial charge in [0.2, 0.25) is 0 Å². The fourth-order valence-electron chi connectivity index (χ4n) is 2.73. The zero-order chi connectivity index (χ0) is 19.4. The molecule has 0 aliphatic carbocycles. The number of hydrogen-bond acceptors (Lipinski definition) is 6. The van der Waals surface area contributed by atoms with Crippen molar-refractivity contribution >= 4 is 24.6 Å². The maximum absolute atomic E-state index is 11.8. The number of carbonyl (C=O) groups excluding carboxylic acids is 2. The van der Waals surface area contributed by atoms with Gasteiger partial charge < -0.3 is 14.8 Å². The SMILES string of the molecule is COC(=O)Cc1c(C)c(S)c(C)c(CNCC(=O)OC(C)(C)C)c1C. The number of hydrogen-bond donors (Lipinski definition) is 2. The van der Waals surface area contributed by atoms with E-state index < -0.39 is 5.60 Å². The van der Waals surface area contributed by atoms with E-state index in [-0.39, 0.29) is 24.9 Å². The van der Waals surface area contributed by atoms with Crippen LogP contribution in [0.15, 0.2) is 4.90 Å². The Morgan fingerprint density at radius 3 is 2.08 bits per heavy atom. The van der Waals surface area contributed by atoms with Crippen molar-refractivity contribution < 1.29 is 19.1 Å². The maximum atomic E-state index is 11.8. The Labute approximate surface area is 155 Å². The Bertz CT molecular complexity index is 663. The van der Waals surface area contributed by atoms with Gasteiger partial charge in [0.05, 0.1) is 20.1 Å². The van der Waals surface area contributed by atoms with E-state index in [1.807, 2.05) is 41.5 Å². The molecule has 6 heteroatoms. The van der Waals surface area contributed by atoms with Crippen LogP contribution in [0.2, 0.25) is 0 Å². The van der Waals surface area contributed by atoms with Gasteiger partial charge in [0.1, 0.15) is 5.60 Å². The van der Waals surface area contributed by atoms with Gasteiger partial charge >= 0.3 is 11.9 Å². The zero-order valence-electron chi connectivity index (χ0n) is 16.2. The van der Waals surface area contributed by atoms with Crippen LogP contribution in [-0.2, 0) is 32.0 Å². The number of esters is 2. The normalized spacial score (nSPS) is 11.4. The highest BCUT2D eigenvalue weighted by Gasteiger charge is 2.19. The number of methoxy groups -OCH3 is 1. The predicted molar refractivity (Wildman–Crippen MR) is 101 cm³/mol. The number of rotatable bonds is 6. The largest absolute Gasteiger partial charge is 0.469 e. The summed E-state index contributed by atoms with van der Waals surface area (Å²) in [6.07, 6.45) is 0.209. The maximum Gasteiger partial charge on any atom is 0.320 e. The van der Waals surface area contributed by atoms with Crippen molar-refractivity contribution in [3.63, 3.8) is 0 Å². The monoisotopic (exact) mass is 367 g/mol. The molecule has 25 heavy (non-hydrogen) atoms. The van der Waals surface area contributed by atoms with Crippen molar-refractivity contribution in [1.29, 1.82) is 0 Å². The van der Waals surface area contributed by atoms with Crippen molar-refractivity contribution in [2.45, 2.75) is 65.0 Å². The van der Waals surface area contributed by atoms with Crippen LogP contribution in [0, 0.1) is 20.8 Å². The van der Waals surface area contributed by atoms with Crippen LogP contribution in [0.25, 0.3) is 0 Å². The van der Waals surface area contributed by atoms with Gasteiger partial charge in [-0.1, -0.05) is 0 Å². The topological polar surface area (TPSA) is 64.6 Å². The second-order valence-corrected chi connectivity index (χ2v) is 7.57. The molecular weight excluding hydrogens is 338 g/mol. The molecule has 1 aromatic carbocycles. The molecule has 0 aliphatic rings. The fourth-order valence-corrected chi connectivity index (χ4v) is 3.00. The van der Waals surface area contributed by atoms with Gasteiger partial charge in [-0.3, -0.25) is 9.59 Å². The third-order valence-electron chi connectivity index (χ3n) is 4.06. The molecule has 0 saturated carbocycles.